The van der Waals surface area contributed by atoms with Crippen molar-refractivity contribution in [3.8, 4) is 5.75 Å². The number of carbonyl (C=O) groups excluding carboxylic acids is 1. The van der Waals surface area contributed by atoms with Gasteiger partial charge in [0.25, 0.3) is 5.91 Å². The first-order valence-electron chi connectivity index (χ1n) is 6.66. The molecule has 1 aliphatic rings. The van der Waals surface area contributed by atoms with Gasteiger partial charge < -0.3 is 10.1 Å². The van der Waals surface area contributed by atoms with E-state index < -0.39 is 0 Å². The molecule has 0 spiro atoms. The number of amides is 1. The summed E-state index contributed by atoms with van der Waals surface area (Å²) < 4.78 is 5.68. The Morgan fingerprint density at radius 3 is 2.95 bits per heavy atom. The number of pyridine rings is 1. The molecular weight excluding hydrogens is 288 g/mol. The maximum Gasteiger partial charge on any atom is 0.258 e. The number of carbonyl (C=O) groups is 1. The second-order valence-electron chi connectivity index (χ2n) is 5.68. The molecule has 0 saturated heterocycles. The van der Waals surface area contributed by atoms with E-state index in [0.29, 0.717) is 17.9 Å². The molecule has 1 aromatic carbocycles. The lowest BCUT2D eigenvalue weighted by molar-refractivity contribution is 0.102. The van der Waals surface area contributed by atoms with Gasteiger partial charge in [-0.2, -0.15) is 0 Å². The van der Waals surface area contributed by atoms with Crippen LogP contribution in [0.1, 0.15) is 29.8 Å². The van der Waals surface area contributed by atoms with E-state index >= 15 is 0 Å². The molecule has 0 saturated carbocycles. The maximum absolute atomic E-state index is 12.2. The third-order valence-corrected chi connectivity index (χ3v) is 3.86. The second kappa shape index (κ2) is 5.04. The van der Waals surface area contributed by atoms with E-state index in [9.17, 15) is 4.79 Å². The minimum absolute atomic E-state index is 0.00449. The zero-order valence-corrected chi connectivity index (χ0v) is 12.6. The Morgan fingerprint density at radius 2 is 2.19 bits per heavy atom. The van der Waals surface area contributed by atoms with Gasteiger partial charge in [0.05, 0.1) is 12.2 Å². The molecule has 0 radical (unpaired) electrons. The topological polar surface area (TPSA) is 51.2 Å². The summed E-state index contributed by atoms with van der Waals surface area (Å²) in [7, 11) is 0. The van der Waals surface area contributed by atoms with Crippen molar-refractivity contribution >= 4 is 23.2 Å². The van der Waals surface area contributed by atoms with Crippen molar-refractivity contribution in [2.75, 3.05) is 11.9 Å². The minimum Gasteiger partial charge on any atom is -0.492 e. The number of benzene rings is 1. The highest BCUT2D eigenvalue weighted by atomic mass is 35.5. The third kappa shape index (κ3) is 2.59. The molecule has 0 bridgehead atoms. The van der Waals surface area contributed by atoms with Crippen LogP contribution in [0.15, 0.2) is 36.5 Å². The molecule has 2 heterocycles. The van der Waals surface area contributed by atoms with E-state index in [4.69, 9.17) is 16.3 Å². The fourth-order valence-corrected chi connectivity index (χ4v) is 2.57. The molecule has 0 aliphatic carbocycles. The summed E-state index contributed by atoms with van der Waals surface area (Å²) in [5, 5.41) is 3.00. The quantitative estimate of drug-likeness (QED) is 0.861. The third-order valence-electron chi connectivity index (χ3n) is 3.56. The summed E-state index contributed by atoms with van der Waals surface area (Å²) in [6, 6.07) is 9.01. The molecule has 0 unspecified atom stereocenters. The number of hydrogen-bond donors (Lipinski definition) is 1. The number of nitrogens with zero attached hydrogens (tertiary/aromatic N) is 1. The molecule has 1 aromatic heterocycles. The van der Waals surface area contributed by atoms with E-state index in [1.54, 1.807) is 18.3 Å². The van der Waals surface area contributed by atoms with Gasteiger partial charge in [0.15, 0.2) is 0 Å². The molecule has 0 atom stereocenters. The van der Waals surface area contributed by atoms with Crippen LogP contribution in [0.2, 0.25) is 5.15 Å². The summed E-state index contributed by atoms with van der Waals surface area (Å²) in [5.41, 5.74) is 2.18. The van der Waals surface area contributed by atoms with Crippen molar-refractivity contribution in [2.45, 2.75) is 19.3 Å². The Balaban J connectivity index is 1.84. The number of ether oxygens (including phenoxy) is 1. The van der Waals surface area contributed by atoms with E-state index in [1.165, 1.54) is 0 Å². The van der Waals surface area contributed by atoms with Gasteiger partial charge in [-0.3, -0.25) is 4.79 Å². The standard InChI is InChI=1S/C16H15ClN2O2/c1-16(2)9-21-13-8-10(5-6-12(13)16)19-15(20)11-4-3-7-18-14(11)17/h3-8H,9H2,1-2H3,(H,19,20). The molecule has 1 N–H and O–H groups in total. The zero-order chi connectivity index (χ0) is 15.0. The van der Waals surface area contributed by atoms with Crippen LogP contribution in [0.4, 0.5) is 5.69 Å². The van der Waals surface area contributed by atoms with Crippen LogP contribution < -0.4 is 10.1 Å². The minimum atomic E-state index is -0.287. The van der Waals surface area contributed by atoms with E-state index in [1.807, 2.05) is 18.2 Å². The van der Waals surface area contributed by atoms with Crippen molar-refractivity contribution in [3.63, 3.8) is 0 Å². The highest BCUT2D eigenvalue weighted by Crippen LogP contribution is 2.39. The van der Waals surface area contributed by atoms with Crippen LogP contribution in [0.5, 0.6) is 5.75 Å². The van der Waals surface area contributed by atoms with Crippen molar-refractivity contribution in [1.29, 1.82) is 0 Å². The van der Waals surface area contributed by atoms with Gasteiger partial charge in [-0.05, 0) is 18.2 Å². The first-order valence-corrected chi connectivity index (χ1v) is 7.04. The molecule has 21 heavy (non-hydrogen) atoms. The van der Waals surface area contributed by atoms with Gasteiger partial charge in [-0.1, -0.05) is 31.5 Å². The van der Waals surface area contributed by atoms with Gasteiger partial charge in [0.2, 0.25) is 0 Å². The summed E-state index contributed by atoms with van der Waals surface area (Å²) in [5.74, 6) is 0.528. The van der Waals surface area contributed by atoms with Crippen LogP contribution in [0, 0.1) is 0 Å². The molecule has 4 nitrogen and oxygen atoms in total. The normalized spacial score (nSPS) is 15.2. The second-order valence-corrected chi connectivity index (χ2v) is 6.04. The maximum atomic E-state index is 12.2. The summed E-state index contributed by atoms with van der Waals surface area (Å²) in [6.07, 6.45) is 1.55. The van der Waals surface area contributed by atoms with Crippen LogP contribution in [-0.2, 0) is 5.41 Å². The lowest BCUT2D eigenvalue weighted by atomic mass is 9.87. The Kier molecular flexibility index (Phi) is 3.33. The number of nitrogens with one attached hydrogen (secondary N) is 1. The molecule has 1 amide bonds. The summed E-state index contributed by atoms with van der Waals surface area (Å²) in [4.78, 5) is 16.1. The Hall–Kier alpha value is -2.07. The van der Waals surface area contributed by atoms with Crippen LogP contribution in [-0.4, -0.2) is 17.5 Å². The highest BCUT2D eigenvalue weighted by Gasteiger charge is 2.31. The molecule has 5 heteroatoms. The lowest BCUT2D eigenvalue weighted by Gasteiger charge is -2.15. The number of aromatic nitrogens is 1. The summed E-state index contributed by atoms with van der Waals surface area (Å²) >= 11 is 5.92. The average molecular weight is 303 g/mol. The van der Waals surface area contributed by atoms with Gasteiger partial charge in [-0.15, -0.1) is 0 Å². The fraction of sp³-hybridized carbons (Fsp3) is 0.250. The Morgan fingerprint density at radius 1 is 1.38 bits per heavy atom. The number of anilines is 1. The molecule has 1 aliphatic heterocycles. The average Bonchev–Trinajstić information content (AvgIpc) is 2.74. The SMILES string of the molecule is CC1(C)COc2cc(NC(=O)c3cccnc3Cl)ccc21. The number of halogens is 1. The molecule has 108 valence electrons. The van der Waals surface area contributed by atoms with E-state index in [2.05, 4.69) is 24.1 Å². The van der Waals surface area contributed by atoms with Gasteiger partial charge in [-0.25, -0.2) is 4.98 Å². The monoisotopic (exact) mass is 302 g/mol. The summed E-state index contributed by atoms with van der Waals surface area (Å²) in [6.45, 7) is 4.91. The first-order chi connectivity index (χ1) is 9.97. The van der Waals surface area contributed by atoms with Crippen LogP contribution in [0.3, 0.4) is 0 Å². The molecule has 2 aromatic rings. The van der Waals surface area contributed by atoms with Crippen molar-refractivity contribution < 1.29 is 9.53 Å². The van der Waals surface area contributed by atoms with Crippen LogP contribution in [0.25, 0.3) is 0 Å². The predicted molar refractivity (Wildman–Crippen MR) is 82.2 cm³/mol. The van der Waals surface area contributed by atoms with E-state index in [-0.39, 0.29) is 16.5 Å². The van der Waals surface area contributed by atoms with E-state index in [0.717, 1.165) is 11.3 Å². The first kappa shape index (κ1) is 13.9. The van der Waals surface area contributed by atoms with Crippen LogP contribution >= 0.6 is 11.6 Å². The van der Waals surface area contributed by atoms with Crippen molar-refractivity contribution in [3.05, 3.63) is 52.8 Å². The van der Waals surface area contributed by atoms with Gasteiger partial charge >= 0.3 is 0 Å². The smallest absolute Gasteiger partial charge is 0.258 e. The highest BCUT2D eigenvalue weighted by molar-refractivity contribution is 6.33. The Labute approximate surface area is 128 Å². The van der Waals surface area contributed by atoms with Crippen molar-refractivity contribution in [1.82, 2.24) is 4.98 Å². The number of hydrogen-bond acceptors (Lipinski definition) is 3. The fourth-order valence-electron chi connectivity index (χ4n) is 2.37. The molecule has 3 rings (SSSR count). The zero-order valence-electron chi connectivity index (χ0n) is 11.8. The number of fused-ring (bicyclic) bond motifs is 1. The number of rotatable bonds is 2. The largest absolute Gasteiger partial charge is 0.492 e. The lowest BCUT2D eigenvalue weighted by Crippen LogP contribution is -2.18. The molecule has 0 fully saturated rings. The van der Waals surface area contributed by atoms with Gasteiger partial charge in [0.1, 0.15) is 10.9 Å². The van der Waals surface area contributed by atoms with Crippen molar-refractivity contribution in [2.24, 2.45) is 0 Å². The predicted octanol–water partition coefficient (Wildman–Crippen LogP) is 3.66. The Bertz CT molecular complexity index is 713. The molecular formula is C16H15ClN2O2. The van der Waals surface area contributed by atoms with Gasteiger partial charge in [0, 0.05) is 28.9 Å².